The molecule has 1 aromatic heterocycles. The zero-order valence-electron chi connectivity index (χ0n) is 12.3. The van der Waals surface area contributed by atoms with Crippen LogP contribution in [0.25, 0.3) is 0 Å². The van der Waals surface area contributed by atoms with Crippen molar-refractivity contribution in [3.05, 3.63) is 29.9 Å². The Hall–Kier alpha value is -2.77. The molecule has 1 fully saturated rings. The molecule has 120 valence electrons. The number of fused-ring (bicyclic) bond motifs is 1. The minimum atomic E-state index is -0.348. The van der Waals surface area contributed by atoms with Gasteiger partial charge in [0.05, 0.1) is 0 Å². The molecule has 4 rings (SSSR count). The van der Waals surface area contributed by atoms with Gasteiger partial charge in [-0.2, -0.15) is 4.98 Å². The first kappa shape index (κ1) is 13.9. The van der Waals surface area contributed by atoms with Crippen LogP contribution >= 0.6 is 0 Å². The molecule has 0 spiro atoms. The maximum atomic E-state index is 11.8. The van der Waals surface area contributed by atoms with Crippen molar-refractivity contribution in [2.45, 2.75) is 19.4 Å². The van der Waals surface area contributed by atoms with Gasteiger partial charge in [0.1, 0.15) is 5.75 Å². The third-order valence-electron chi connectivity index (χ3n) is 3.62. The lowest BCUT2D eigenvalue weighted by atomic mass is 10.3. The van der Waals surface area contributed by atoms with E-state index >= 15 is 0 Å². The molecule has 8 heteroatoms. The number of amides is 1. The molecular weight excluding hydrogens is 302 g/mol. The summed E-state index contributed by atoms with van der Waals surface area (Å²) in [6.07, 6.45) is 2.33. The molecule has 0 atom stereocenters. The summed E-state index contributed by atoms with van der Waals surface area (Å²) in [5.41, 5.74) is 0. The largest absolute Gasteiger partial charge is 0.485 e. The average molecular weight is 317 g/mol. The summed E-state index contributed by atoms with van der Waals surface area (Å²) in [7, 11) is 0. The van der Waals surface area contributed by atoms with Gasteiger partial charge in [0.2, 0.25) is 12.6 Å². The van der Waals surface area contributed by atoms with Gasteiger partial charge in [0.15, 0.2) is 18.1 Å². The number of benzene rings is 1. The molecule has 1 aromatic carbocycles. The molecule has 1 saturated carbocycles. The SMILES string of the molecule is O=C(NCC1CC1)c1nc(COc2ccc3c(c2)OCO3)no1. The topological polar surface area (TPSA) is 95.7 Å². The lowest BCUT2D eigenvalue weighted by Crippen LogP contribution is -2.25. The Labute approximate surface area is 131 Å². The summed E-state index contributed by atoms with van der Waals surface area (Å²) in [6, 6.07) is 5.26. The first-order chi connectivity index (χ1) is 11.3. The van der Waals surface area contributed by atoms with E-state index in [1.807, 2.05) is 0 Å². The predicted molar refractivity (Wildman–Crippen MR) is 76.3 cm³/mol. The van der Waals surface area contributed by atoms with E-state index in [-0.39, 0.29) is 25.2 Å². The molecular formula is C15H15N3O5. The van der Waals surface area contributed by atoms with E-state index in [1.54, 1.807) is 18.2 Å². The summed E-state index contributed by atoms with van der Waals surface area (Å²) in [5, 5.41) is 6.51. The average Bonchev–Trinajstić information content (AvgIpc) is 3.08. The van der Waals surface area contributed by atoms with E-state index in [4.69, 9.17) is 18.7 Å². The maximum absolute atomic E-state index is 11.8. The molecule has 0 saturated heterocycles. The van der Waals surface area contributed by atoms with Crippen molar-refractivity contribution in [1.82, 2.24) is 15.5 Å². The smallest absolute Gasteiger partial charge is 0.316 e. The highest BCUT2D eigenvalue weighted by molar-refractivity contribution is 5.89. The van der Waals surface area contributed by atoms with Crippen molar-refractivity contribution in [1.29, 1.82) is 0 Å². The Kier molecular flexibility index (Phi) is 3.49. The van der Waals surface area contributed by atoms with Gasteiger partial charge in [-0.15, -0.1) is 0 Å². The first-order valence-corrected chi connectivity index (χ1v) is 7.41. The number of nitrogens with zero attached hydrogens (tertiary/aromatic N) is 2. The molecule has 0 unspecified atom stereocenters. The van der Waals surface area contributed by atoms with Crippen molar-refractivity contribution in [3.63, 3.8) is 0 Å². The summed E-state index contributed by atoms with van der Waals surface area (Å²) >= 11 is 0. The number of hydrogen-bond donors (Lipinski definition) is 1. The van der Waals surface area contributed by atoms with Crippen LogP contribution in [-0.2, 0) is 6.61 Å². The molecule has 8 nitrogen and oxygen atoms in total. The van der Waals surface area contributed by atoms with E-state index in [9.17, 15) is 4.79 Å². The van der Waals surface area contributed by atoms with Gasteiger partial charge in [-0.3, -0.25) is 4.79 Å². The van der Waals surface area contributed by atoms with E-state index in [0.29, 0.717) is 35.5 Å². The first-order valence-electron chi connectivity index (χ1n) is 7.41. The van der Waals surface area contributed by atoms with Crippen molar-refractivity contribution in [3.8, 4) is 17.2 Å². The maximum Gasteiger partial charge on any atom is 0.316 e. The Morgan fingerprint density at radius 3 is 3.04 bits per heavy atom. The van der Waals surface area contributed by atoms with Crippen LogP contribution in [0.2, 0.25) is 0 Å². The molecule has 1 N–H and O–H groups in total. The second-order valence-electron chi connectivity index (χ2n) is 5.47. The van der Waals surface area contributed by atoms with E-state index in [0.717, 1.165) is 0 Å². The number of ether oxygens (including phenoxy) is 3. The molecule has 23 heavy (non-hydrogen) atoms. The standard InChI is InChI=1S/C15H15N3O5/c19-14(16-6-9-1-2-9)15-17-13(18-23-15)7-20-10-3-4-11-12(5-10)22-8-21-11/h3-5,9H,1-2,6-8H2,(H,16,19). The molecule has 2 aliphatic rings. The third-order valence-corrected chi connectivity index (χ3v) is 3.62. The Bertz CT molecular complexity index is 726. The summed E-state index contributed by atoms with van der Waals surface area (Å²) in [6.45, 7) is 0.965. The quantitative estimate of drug-likeness (QED) is 0.862. The highest BCUT2D eigenvalue weighted by atomic mass is 16.7. The van der Waals surface area contributed by atoms with Crippen LogP contribution < -0.4 is 19.5 Å². The number of carbonyl (C=O) groups excluding carboxylic acids is 1. The van der Waals surface area contributed by atoms with Gasteiger partial charge < -0.3 is 24.1 Å². The fraction of sp³-hybridized carbons (Fsp3) is 0.400. The lowest BCUT2D eigenvalue weighted by Gasteiger charge is -2.03. The molecule has 0 radical (unpaired) electrons. The Balaban J connectivity index is 1.33. The highest BCUT2D eigenvalue weighted by Gasteiger charge is 2.23. The molecule has 1 aliphatic heterocycles. The van der Waals surface area contributed by atoms with E-state index in [2.05, 4.69) is 15.5 Å². The molecule has 2 heterocycles. The third kappa shape index (κ3) is 3.20. The fourth-order valence-electron chi connectivity index (χ4n) is 2.15. The van der Waals surface area contributed by atoms with Crippen LogP contribution in [0, 0.1) is 5.92 Å². The minimum Gasteiger partial charge on any atom is -0.485 e. The number of nitrogens with one attached hydrogen (secondary N) is 1. The normalized spacial score (nSPS) is 15.5. The number of aromatic nitrogens is 2. The zero-order valence-corrected chi connectivity index (χ0v) is 12.3. The summed E-state index contributed by atoms with van der Waals surface area (Å²) in [5.74, 6) is 2.42. The van der Waals surface area contributed by atoms with Crippen LogP contribution in [0.3, 0.4) is 0 Å². The Morgan fingerprint density at radius 1 is 1.30 bits per heavy atom. The zero-order chi connectivity index (χ0) is 15.6. The fourth-order valence-corrected chi connectivity index (χ4v) is 2.15. The van der Waals surface area contributed by atoms with Crippen LogP contribution in [0.1, 0.15) is 29.4 Å². The highest BCUT2D eigenvalue weighted by Crippen LogP contribution is 2.35. The number of rotatable bonds is 6. The van der Waals surface area contributed by atoms with Gasteiger partial charge >= 0.3 is 11.8 Å². The number of carbonyl (C=O) groups is 1. The minimum absolute atomic E-state index is 0.0464. The second-order valence-corrected chi connectivity index (χ2v) is 5.47. The molecule has 2 aromatic rings. The Morgan fingerprint density at radius 2 is 2.17 bits per heavy atom. The molecule has 0 bridgehead atoms. The molecule has 1 aliphatic carbocycles. The predicted octanol–water partition coefficient (Wildman–Crippen LogP) is 1.52. The number of hydrogen-bond acceptors (Lipinski definition) is 7. The van der Waals surface area contributed by atoms with Crippen molar-refractivity contribution in [2.24, 2.45) is 5.92 Å². The van der Waals surface area contributed by atoms with Gasteiger partial charge in [-0.05, 0) is 30.9 Å². The van der Waals surface area contributed by atoms with Crippen LogP contribution in [0.5, 0.6) is 17.2 Å². The van der Waals surface area contributed by atoms with Crippen molar-refractivity contribution >= 4 is 5.91 Å². The molecule has 1 amide bonds. The van der Waals surface area contributed by atoms with Gasteiger partial charge in [-0.25, -0.2) is 0 Å². The van der Waals surface area contributed by atoms with Crippen LogP contribution in [-0.4, -0.2) is 29.4 Å². The van der Waals surface area contributed by atoms with Crippen molar-refractivity contribution in [2.75, 3.05) is 13.3 Å². The summed E-state index contributed by atoms with van der Waals surface area (Å²) in [4.78, 5) is 15.8. The second kappa shape index (κ2) is 5.79. The van der Waals surface area contributed by atoms with Crippen molar-refractivity contribution < 1.29 is 23.5 Å². The van der Waals surface area contributed by atoms with E-state index in [1.165, 1.54) is 12.8 Å². The van der Waals surface area contributed by atoms with Crippen LogP contribution in [0.15, 0.2) is 22.7 Å². The van der Waals surface area contributed by atoms with Gasteiger partial charge in [0, 0.05) is 12.6 Å². The van der Waals surface area contributed by atoms with Gasteiger partial charge in [0.25, 0.3) is 0 Å². The summed E-state index contributed by atoms with van der Waals surface area (Å²) < 4.78 is 21.0. The van der Waals surface area contributed by atoms with Gasteiger partial charge in [-0.1, -0.05) is 5.16 Å². The lowest BCUT2D eigenvalue weighted by molar-refractivity contribution is 0.0908. The monoisotopic (exact) mass is 317 g/mol. The van der Waals surface area contributed by atoms with Crippen LogP contribution in [0.4, 0.5) is 0 Å². The van der Waals surface area contributed by atoms with E-state index < -0.39 is 0 Å².